The minimum absolute atomic E-state index is 0.819. The average Bonchev–Trinajstić information content (AvgIpc) is 2.77. The van der Waals surface area contributed by atoms with E-state index in [0.29, 0.717) is 0 Å². The van der Waals surface area contributed by atoms with E-state index in [4.69, 9.17) is 0 Å². The van der Waals surface area contributed by atoms with Gasteiger partial charge in [-0.15, -0.1) is 4.68 Å². The van der Waals surface area contributed by atoms with Crippen LogP contribution >= 0.6 is 0 Å². The third-order valence-corrected chi connectivity index (χ3v) is 3.69. The van der Waals surface area contributed by atoms with Crippen molar-refractivity contribution in [1.82, 2.24) is 0 Å². The first-order chi connectivity index (χ1) is 9.09. The van der Waals surface area contributed by atoms with Crippen LogP contribution < -0.4 is 0 Å². The Hall–Kier alpha value is -0.730. The van der Waals surface area contributed by atoms with Crippen molar-refractivity contribution in [3.63, 3.8) is 0 Å². The molecule has 0 radical (unpaired) electrons. The van der Waals surface area contributed by atoms with Gasteiger partial charge in [-0.2, -0.15) is 0 Å². The van der Waals surface area contributed by atoms with E-state index >= 15 is 0 Å². The van der Waals surface area contributed by atoms with Gasteiger partial charge in [-0.05, 0) is 31.1 Å². The van der Waals surface area contributed by atoms with Crippen LogP contribution in [0.2, 0.25) is 0 Å². The molecule has 0 saturated carbocycles. The molecule has 0 unspecified atom stereocenters. The first kappa shape index (κ1) is 16.3. The van der Waals surface area contributed by atoms with Crippen LogP contribution in [0.1, 0.15) is 72.6 Å². The summed E-state index contributed by atoms with van der Waals surface area (Å²) in [6.07, 6.45) is 9.04. The number of hydrogen-bond donors (Lipinski definition) is 0. The van der Waals surface area contributed by atoms with E-state index in [2.05, 4.69) is 42.7 Å². The van der Waals surface area contributed by atoms with Gasteiger partial charge < -0.3 is 0 Å². The van der Waals surface area contributed by atoms with Gasteiger partial charge in [0.25, 0.3) is 0 Å². The summed E-state index contributed by atoms with van der Waals surface area (Å²) in [7, 11) is 0. The van der Waals surface area contributed by atoms with Crippen molar-refractivity contribution >= 4 is 5.71 Å². The van der Waals surface area contributed by atoms with Crippen molar-refractivity contribution < 1.29 is 4.68 Å². The third kappa shape index (κ3) is 7.44. The molecule has 0 amide bonds. The Balaban J connectivity index is 2.20. The molecular formula is C16H32N3+. The highest BCUT2D eigenvalue weighted by atomic mass is 15.5. The first-order valence-corrected chi connectivity index (χ1v) is 8.09. The molecule has 0 fully saturated rings. The van der Waals surface area contributed by atoms with Crippen LogP contribution in [0.4, 0.5) is 0 Å². The van der Waals surface area contributed by atoms with Crippen LogP contribution in [-0.2, 0) is 0 Å². The predicted octanol–water partition coefficient (Wildman–Crippen LogP) is 4.86. The van der Waals surface area contributed by atoms with Crippen molar-refractivity contribution in [3.05, 3.63) is 0 Å². The van der Waals surface area contributed by atoms with Gasteiger partial charge in [-0.25, -0.2) is 0 Å². The van der Waals surface area contributed by atoms with E-state index in [1.165, 1.54) is 50.7 Å². The maximum atomic E-state index is 4.27. The molecule has 1 heterocycles. The fourth-order valence-corrected chi connectivity index (χ4v) is 2.44. The summed E-state index contributed by atoms with van der Waals surface area (Å²) in [5.74, 6) is 1.65. The van der Waals surface area contributed by atoms with Crippen molar-refractivity contribution in [2.75, 3.05) is 13.1 Å². The predicted molar refractivity (Wildman–Crippen MR) is 81.9 cm³/mol. The van der Waals surface area contributed by atoms with Crippen LogP contribution in [0, 0.1) is 11.8 Å². The van der Waals surface area contributed by atoms with E-state index < -0.39 is 0 Å². The van der Waals surface area contributed by atoms with Crippen molar-refractivity contribution in [2.24, 2.45) is 22.2 Å². The molecule has 0 aromatic rings. The highest BCUT2D eigenvalue weighted by molar-refractivity contribution is 5.82. The summed E-state index contributed by atoms with van der Waals surface area (Å²) in [4.78, 5) is 0. The maximum absolute atomic E-state index is 4.27. The molecule has 1 aliphatic heterocycles. The van der Waals surface area contributed by atoms with E-state index in [0.717, 1.165) is 24.9 Å². The Morgan fingerprint density at radius 3 is 2.21 bits per heavy atom. The van der Waals surface area contributed by atoms with Crippen LogP contribution in [0.5, 0.6) is 0 Å². The summed E-state index contributed by atoms with van der Waals surface area (Å²) in [6.45, 7) is 11.1. The molecule has 0 spiro atoms. The first-order valence-electron chi connectivity index (χ1n) is 8.09. The molecule has 0 atom stereocenters. The van der Waals surface area contributed by atoms with E-state index in [1.807, 2.05) is 0 Å². The Bertz CT molecular complexity index is 303. The van der Waals surface area contributed by atoms with Gasteiger partial charge in [-0.3, -0.25) is 0 Å². The monoisotopic (exact) mass is 266 g/mol. The topological polar surface area (TPSA) is 27.7 Å². The molecule has 0 aromatic carbocycles. The van der Waals surface area contributed by atoms with E-state index in [9.17, 15) is 0 Å². The molecule has 19 heavy (non-hydrogen) atoms. The summed E-state index contributed by atoms with van der Waals surface area (Å²) >= 11 is 0. The highest BCUT2D eigenvalue weighted by Gasteiger charge is 2.19. The van der Waals surface area contributed by atoms with Gasteiger partial charge >= 0.3 is 0 Å². The minimum Gasteiger partial charge on any atom is -0.135 e. The van der Waals surface area contributed by atoms with Gasteiger partial charge in [0.2, 0.25) is 6.54 Å². The summed E-state index contributed by atoms with van der Waals surface area (Å²) in [5, 5.41) is 8.46. The molecule has 0 saturated heterocycles. The molecule has 3 nitrogen and oxygen atoms in total. The third-order valence-electron chi connectivity index (χ3n) is 3.69. The van der Waals surface area contributed by atoms with Gasteiger partial charge in [-0.1, -0.05) is 47.0 Å². The van der Waals surface area contributed by atoms with Gasteiger partial charge in [0.05, 0.1) is 0 Å². The lowest BCUT2D eigenvalue weighted by atomic mass is 10.0. The molecule has 110 valence electrons. The second-order valence-corrected chi connectivity index (χ2v) is 6.61. The van der Waals surface area contributed by atoms with E-state index in [-0.39, 0.29) is 0 Å². The lowest BCUT2D eigenvalue weighted by Crippen LogP contribution is -2.16. The second kappa shape index (κ2) is 9.22. The van der Waals surface area contributed by atoms with Gasteiger partial charge in [0, 0.05) is 11.5 Å². The summed E-state index contributed by atoms with van der Waals surface area (Å²) in [6, 6.07) is 0. The molecule has 3 heteroatoms. The molecular weight excluding hydrogens is 234 g/mol. The lowest BCUT2D eigenvalue weighted by Gasteiger charge is -2.05. The Morgan fingerprint density at radius 2 is 1.58 bits per heavy atom. The Morgan fingerprint density at radius 1 is 0.947 bits per heavy atom. The average molecular weight is 266 g/mol. The zero-order chi connectivity index (χ0) is 14.1. The summed E-state index contributed by atoms with van der Waals surface area (Å²) < 4.78 is 2.16. The fourth-order valence-electron chi connectivity index (χ4n) is 2.44. The standard InChI is InChI=1S/C16H32N3/c1-14(2)9-5-6-11-16-13-17-18-19(16)12-8-7-10-15(3)4/h14-15H,5-13H2,1-4H3/q+1. The smallest absolute Gasteiger partial charge is 0.135 e. The lowest BCUT2D eigenvalue weighted by molar-refractivity contribution is -0.537. The van der Waals surface area contributed by atoms with Crippen molar-refractivity contribution in [2.45, 2.75) is 72.6 Å². The molecule has 0 N–H and O–H groups in total. The zero-order valence-electron chi connectivity index (χ0n) is 13.4. The van der Waals surface area contributed by atoms with Crippen LogP contribution in [0.15, 0.2) is 10.3 Å². The molecule has 0 bridgehead atoms. The minimum atomic E-state index is 0.819. The number of hydrogen-bond acceptors (Lipinski definition) is 2. The maximum Gasteiger partial charge on any atom is 0.215 e. The van der Waals surface area contributed by atoms with Crippen molar-refractivity contribution in [3.8, 4) is 0 Å². The fraction of sp³-hybridized carbons (Fsp3) is 0.938. The van der Waals surface area contributed by atoms with Gasteiger partial charge in [0.15, 0.2) is 5.71 Å². The molecule has 0 aliphatic carbocycles. The van der Waals surface area contributed by atoms with Crippen LogP contribution in [0.25, 0.3) is 0 Å². The van der Waals surface area contributed by atoms with Crippen LogP contribution in [-0.4, -0.2) is 23.5 Å². The Labute approximate surface area is 119 Å². The quantitative estimate of drug-likeness (QED) is 0.399. The SMILES string of the molecule is CC(C)CCCCC1=[N+](CCCCC(C)C)N=NC1. The summed E-state index contributed by atoms with van der Waals surface area (Å²) in [5.41, 5.74) is 1.44. The molecule has 1 aliphatic rings. The van der Waals surface area contributed by atoms with E-state index in [1.54, 1.807) is 0 Å². The molecule has 0 aromatic heterocycles. The number of rotatable bonds is 10. The van der Waals surface area contributed by atoms with Crippen molar-refractivity contribution in [1.29, 1.82) is 0 Å². The Kier molecular flexibility index (Phi) is 7.92. The normalized spacial score (nSPS) is 15.3. The number of unbranched alkanes of at least 4 members (excludes halogenated alkanes) is 2. The number of nitrogens with zero attached hydrogens (tertiary/aromatic N) is 3. The largest absolute Gasteiger partial charge is 0.215 e. The molecule has 1 rings (SSSR count). The highest BCUT2D eigenvalue weighted by Crippen LogP contribution is 2.12. The second-order valence-electron chi connectivity index (χ2n) is 6.61. The van der Waals surface area contributed by atoms with Crippen LogP contribution in [0.3, 0.4) is 0 Å². The van der Waals surface area contributed by atoms with Gasteiger partial charge in [0.1, 0.15) is 11.8 Å². The zero-order valence-corrected chi connectivity index (χ0v) is 13.4.